The maximum Gasteiger partial charge on any atom is 0.347 e. The molecule has 18 heavy (non-hydrogen) atoms. The van der Waals surface area contributed by atoms with Crippen LogP contribution < -0.4 is 0 Å². The van der Waals surface area contributed by atoms with E-state index in [9.17, 15) is 9.90 Å². The van der Waals surface area contributed by atoms with Crippen molar-refractivity contribution in [2.24, 2.45) is 0 Å². The van der Waals surface area contributed by atoms with E-state index in [-0.39, 0.29) is 0 Å². The van der Waals surface area contributed by atoms with Gasteiger partial charge in [0.1, 0.15) is 9.88 Å². The highest BCUT2D eigenvalue weighted by molar-refractivity contribution is 9.10. The SMILES string of the molecule is CCCc1nc(-c2ccccc2Br)sc1C(=O)O. The molecule has 0 fully saturated rings. The van der Waals surface area contributed by atoms with Crippen LogP contribution in [-0.4, -0.2) is 16.1 Å². The lowest BCUT2D eigenvalue weighted by Gasteiger charge is -1.98. The molecule has 0 saturated carbocycles. The fourth-order valence-corrected chi connectivity index (χ4v) is 3.27. The van der Waals surface area contributed by atoms with Gasteiger partial charge in [-0.2, -0.15) is 0 Å². The number of halogens is 1. The van der Waals surface area contributed by atoms with E-state index >= 15 is 0 Å². The summed E-state index contributed by atoms with van der Waals surface area (Å²) in [5.41, 5.74) is 1.62. The molecule has 0 aliphatic carbocycles. The number of hydrogen-bond acceptors (Lipinski definition) is 3. The van der Waals surface area contributed by atoms with Gasteiger partial charge in [-0.25, -0.2) is 9.78 Å². The Morgan fingerprint density at radius 2 is 2.17 bits per heavy atom. The van der Waals surface area contributed by atoms with E-state index in [1.807, 2.05) is 31.2 Å². The molecule has 2 aromatic rings. The quantitative estimate of drug-likeness (QED) is 0.915. The Bertz CT molecular complexity index is 580. The average molecular weight is 326 g/mol. The molecule has 3 nitrogen and oxygen atoms in total. The first kappa shape index (κ1) is 13.2. The molecule has 1 heterocycles. The number of hydrogen-bond donors (Lipinski definition) is 1. The summed E-state index contributed by atoms with van der Waals surface area (Å²) in [6.45, 7) is 2.02. The van der Waals surface area contributed by atoms with Crippen LogP contribution in [0.4, 0.5) is 0 Å². The van der Waals surface area contributed by atoms with Crippen LogP contribution in [0.5, 0.6) is 0 Å². The third-order valence-electron chi connectivity index (χ3n) is 2.48. The van der Waals surface area contributed by atoms with E-state index in [2.05, 4.69) is 20.9 Å². The molecule has 0 atom stereocenters. The van der Waals surface area contributed by atoms with Crippen LogP contribution >= 0.6 is 27.3 Å². The van der Waals surface area contributed by atoms with E-state index in [4.69, 9.17) is 0 Å². The highest BCUT2D eigenvalue weighted by Gasteiger charge is 2.18. The Kier molecular flexibility index (Phi) is 4.14. The lowest BCUT2D eigenvalue weighted by molar-refractivity contribution is 0.0700. The van der Waals surface area contributed by atoms with Gasteiger partial charge in [-0.15, -0.1) is 11.3 Å². The Hall–Kier alpha value is -1.20. The smallest absolute Gasteiger partial charge is 0.347 e. The van der Waals surface area contributed by atoms with E-state index in [1.54, 1.807) is 0 Å². The molecule has 0 saturated heterocycles. The summed E-state index contributed by atoms with van der Waals surface area (Å²) in [6, 6.07) is 7.70. The summed E-state index contributed by atoms with van der Waals surface area (Å²) in [5.74, 6) is -0.894. The van der Waals surface area contributed by atoms with Crippen LogP contribution in [0.15, 0.2) is 28.7 Å². The molecule has 94 valence electrons. The number of aromatic nitrogens is 1. The van der Waals surface area contributed by atoms with Crippen molar-refractivity contribution in [2.45, 2.75) is 19.8 Å². The number of nitrogens with zero attached hydrogens (tertiary/aromatic N) is 1. The van der Waals surface area contributed by atoms with Gasteiger partial charge in [0.05, 0.1) is 5.69 Å². The molecular weight excluding hydrogens is 314 g/mol. The zero-order chi connectivity index (χ0) is 13.1. The van der Waals surface area contributed by atoms with Crippen molar-refractivity contribution < 1.29 is 9.90 Å². The molecule has 0 aliphatic heterocycles. The van der Waals surface area contributed by atoms with Crippen molar-refractivity contribution in [1.82, 2.24) is 4.98 Å². The summed E-state index contributed by atoms with van der Waals surface area (Å²) in [6.07, 6.45) is 1.59. The van der Waals surface area contributed by atoms with Crippen molar-refractivity contribution >= 4 is 33.2 Å². The number of benzene rings is 1. The van der Waals surface area contributed by atoms with Gasteiger partial charge in [0.15, 0.2) is 0 Å². The molecule has 0 spiro atoms. The lowest BCUT2D eigenvalue weighted by atomic mass is 10.2. The molecule has 0 unspecified atom stereocenters. The zero-order valence-corrected chi connectivity index (χ0v) is 12.2. The number of aromatic carboxylic acids is 1. The second-order valence-corrected chi connectivity index (χ2v) is 5.68. The summed E-state index contributed by atoms with van der Waals surface area (Å²) in [7, 11) is 0. The summed E-state index contributed by atoms with van der Waals surface area (Å²) >= 11 is 4.70. The fraction of sp³-hybridized carbons (Fsp3) is 0.231. The molecule has 5 heteroatoms. The average Bonchev–Trinajstić information content (AvgIpc) is 2.74. The van der Waals surface area contributed by atoms with Gasteiger partial charge in [-0.1, -0.05) is 47.5 Å². The zero-order valence-electron chi connectivity index (χ0n) is 9.81. The number of thiazole rings is 1. The monoisotopic (exact) mass is 325 g/mol. The summed E-state index contributed by atoms with van der Waals surface area (Å²) in [5, 5.41) is 9.93. The van der Waals surface area contributed by atoms with Gasteiger partial charge in [-0.05, 0) is 12.5 Å². The van der Waals surface area contributed by atoms with Gasteiger partial charge in [0.25, 0.3) is 0 Å². The van der Waals surface area contributed by atoms with Gasteiger partial charge in [0, 0.05) is 10.0 Å². The standard InChI is InChI=1S/C13H12BrNO2S/c1-2-5-10-11(13(16)17)18-12(15-10)8-6-3-4-7-9(8)14/h3-4,6-7H,2,5H2,1H3,(H,16,17). The van der Waals surface area contributed by atoms with Gasteiger partial charge < -0.3 is 5.11 Å². The van der Waals surface area contributed by atoms with Gasteiger partial charge in [0.2, 0.25) is 0 Å². The van der Waals surface area contributed by atoms with Crippen LogP contribution in [0.25, 0.3) is 10.6 Å². The molecule has 1 aromatic carbocycles. The highest BCUT2D eigenvalue weighted by Crippen LogP contribution is 2.33. The Balaban J connectivity index is 2.50. The number of carboxylic acids is 1. The Morgan fingerprint density at radius 1 is 1.44 bits per heavy atom. The summed E-state index contributed by atoms with van der Waals surface area (Å²) in [4.78, 5) is 16.0. The number of rotatable bonds is 4. The largest absolute Gasteiger partial charge is 0.477 e. The topological polar surface area (TPSA) is 50.2 Å². The molecule has 2 rings (SSSR count). The predicted octanol–water partition coefficient (Wildman–Crippen LogP) is 4.22. The van der Waals surface area contributed by atoms with Crippen LogP contribution in [0.3, 0.4) is 0 Å². The number of carbonyl (C=O) groups is 1. The van der Waals surface area contributed by atoms with E-state index in [1.165, 1.54) is 11.3 Å². The number of aryl methyl sites for hydroxylation is 1. The van der Waals surface area contributed by atoms with Crippen molar-refractivity contribution in [3.05, 3.63) is 39.3 Å². The van der Waals surface area contributed by atoms with E-state index < -0.39 is 5.97 Å². The van der Waals surface area contributed by atoms with Crippen molar-refractivity contribution in [3.63, 3.8) is 0 Å². The second kappa shape index (κ2) is 5.63. The first-order valence-electron chi connectivity index (χ1n) is 5.61. The third-order valence-corrected chi connectivity index (χ3v) is 4.29. The predicted molar refractivity (Wildman–Crippen MR) is 76.2 cm³/mol. The third kappa shape index (κ3) is 2.62. The molecule has 0 amide bonds. The molecular formula is C13H12BrNO2S. The molecule has 0 radical (unpaired) electrons. The Morgan fingerprint density at radius 3 is 2.78 bits per heavy atom. The van der Waals surface area contributed by atoms with Gasteiger partial charge >= 0.3 is 5.97 Å². The molecule has 0 aliphatic rings. The molecule has 0 bridgehead atoms. The first-order chi connectivity index (χ1) is 8.63. The lowest BCUT2D eigenvalue weighted by Crippen LogP contribution is -1.98. The van der Waals surface area contributed by atoms with Crippen LogP contribution in [-0.2, 0) is 6.42 Å². The minimum atomic E-state index is -0.894. The van der Waals surface area contributed by atoms with Gasteiger partial charge in [-0.3, -0.25) is 0 Å². The second-order valence-electron chi connectivity index (χ2n) is 3.83. The maximum atomic E-state index is 11.2. The first-order valence-corrected chi connectivity index (χ1v) is 7.22. The Labute approximate surface area is 118 Å². The van der Waals surface area contributed by atoms with E-state index in [0.29, 0.717) is 17.0 Å². The highest BCUT2D eigenvalue weighted by atomic mass is 79.9. The van der Waals surface area contributed by atoms with Crippen molar-refractivity contribution in [1.29, 1.82) is 0 Å². The minimum Gasteiger partial charge on any atom is -0.477 e. The molecule has 1 N–H and O–H groups in total. The maximum absolute atomic E-state index is 11.2. The van der Waals surface area contributed by atoms with Crippen molar-refractivity contribution in [3.8, 4) is 10.6 Å². The normalized spacial score (nSPS) is 10.6. The summed E-state index contributed by atoms with van der Waals surface area (Å²) < 4.78 is 0.929. The van der Waals surface area contributed by atoms with Crippen LogP contribution in [0, 0.1) is 0 Å². The number of carboxylic acid groups (broad SMARTS) is 1. The fourth-order valence-electron chi connectivity index (χ4n) is 1.67. The minimum absolute atomic E-state index is 0.350. The van der Waals surface area contributed by atoms with E-state index in [0.717, 1.165) is 21.5 Å². The van der Waals surface area contributed by atoms with Crippen molar-refractivity contribution in [2.75, 3.05) is 0 Å². The van der Waals surface area contributed by atoms with Crippen LogP contribution in [0.1, 0.15) is 28.7 Å². The molecule has 1 aromatic heterocycles. The van der Waals surface area contributed by atoms with Crippen LogP contribution in [0.2, 0.25) is 0 Å².